The lowest BCUT2D eigenvalue weighted by molar-refractivity contribution is -0.116. The molecule has 28 heavy (non-hydrogen) atoms. The normalized spacial score (nSPS) is 17.2. The van der Waals surface area contributed by atoms with E-state index in [0.29, 0.717) is 17.0 Å². The maximum absolute atomic E-state index is 12.9. The number of anilines is 1. The summed E-state index contributed by atoms with van der Waals surface area (Å²) in [7, 11) is 1.56. The van der Waals surface area contributed by atoms with Crippen molar-refractivity contribution in [2.45, 2.75) is 35.3 Å². The number of nitrogens with one attached hydrogen (secondary N) is 1. The van der Waals surface area contributed by atoms with Crippen LogP contribution in [-0.2, 0) is 4.79 Å². The van der Waals surface area contributed by atoms with Gasteiger partial charge in [-0.3, -0.25) is 9.59 Å². The van der Waals surface area contributed by atoms with Gasteiger partial charge in [0.25, 0.3) is 5.91 Å². The molecule has 0 radical (unpaired) electrons. The van der Waals surface area contributed by atoms with Gasteiger partial charge in [0, 0.05) is 23.7 Å². The molecule has 2 amide bonds. The van der Waals surface area contributed by atoms with Crippen LogP contribution >= 0.6 is 11.8 Å². The van der Waals surface area contributed by atoms with Crippen LogP contribution in [0.5, 0.6) is 5.75 Å². The van der Waals surface area contributed by atoms with Crippen molar-refractivity contribution in [2.75, 3.05) is 25.5 Å². The van der Waals surface area contributed by atoms with Crippen LogP contribution < -0.4 is 10.1 Å². The summed E-state index contributed by atoms with van der Waals surface area (Å²) in [6.45, 7) is 1.55. The quantitative estimate of drug-likeness (QED) is 0.795. The number of rotatable bonds is 6. The Hall–Kier alpha value is -2.47. The summed E-state index contributed by atoms with van der Waals surface area (Å²) in [5.74, 6) is 0.492. The van der Waals surface area contributed by atoms with Crippen molar-refractivity contribution >= 4 is 29.3 Å². The molecule has 0 bridgehead atoms. The Labute approximate surface area is 169 Å². The van der Waals surface area contributed by atoms with Gasteiger partial charge in [0.05, 0.1) is 17.4 Å². The minimum Gasteiger partial charge on any atom is -0.496 e. The van der Waals surface area contributed by atoms with Crippen molar-refractivity contribution < 1.29 is 14.3 Å². The highest BCUT2D eigenvalue weighted by Crippen LogP contribution is 2.52. The number of methoxy groups -OCH3 is 1. The molecule has 1 saturated heterocycles. The monoisotopic (exact) mass is 396 g/mol. The fourth-order valence-electron chi connectivity index (χ4n) is 3.49. The Kier molecular flexibility index (Phi) is 5.31. The number of carbonyl (C=O) groups is 2. The maximum Gasteiger partial charge on any atom is 0.257 e. The number of thioether (sulfide) groups is 1. The predicted octanol–water partition coefficient (Wildman–Crippen LogP) is 4.19. The maximum atomic E-state index is 12.9. The van der Waals surface area contributed by atoms with Crippen LogP contribution in [0.1, 0.15) is 36.0 Å². The van der Waals surface area contributed by atoms with Crippen molar-refractivity contribution in [2.24, 2.45) is 0 Å². The molecule has 1 aliphatic heterocycles. The minimum absolute atomic E-state index is 0.00825. The fraction of sp³-hybridized carbons (Fsp3) is 0.364. The van der Waals surface area contributed by atoms with Crippen molar-refractivity contribution in [1.29, 1.82) is 0 Å². The smallest absolute Gasteiger partial charge is 0.257 e. The van der Waals surface area contributed by atoms with Crippen molar-refractivity contribution in [3.05, 3.63) is 54.1 Å². The van der Waals surface area contributed by atoms with Gasteiger partial charge in [0.1, 0.15) is 5.75 Å². The Bertz CT molecular complexity index is 875. The zero-order valence-corrected chi connectivity index (χ0v) is 16.8. The number of likely N-dealkylation sites (tertiary alicyclic amines) is 1. The van der Waals surface area contributed by atoms with Gasteiger partial charge < -0.3 is 15.0 Å². The molecule has 0 aromatic heterocycles. The van der Waals surface area contributed by atoms with E-state index < -0.39 is 4.75 Å². The summed E-state index contributed by atoms with van der Waals surface area (Å²) in [5, 5.41) is 3.02. The third kappa shape index (κ3) is 3.87. The van der Waals surface area contributed by atoms with E-state index in [1.165, 1.54) is 0 Å². The van der Waals surface area contributed by atoms with Gasteiger partial charge in [-0.2, -0.15) is 0 Å². The second-order valence-corrected chi connectivity index (χ2v) is 8.73. The van der Waals surface area contributed by atoms with Crippen LogP contribution in [0, 0.1) is 0 Å². The number of hydrogen-bond acceptors (Lipinski definition) is 4. The molecule has 1 N–H and O–H groups in total. The van der Waals surface area contributed by atoms with Crippen molar-refractivity contribution in [3.63, 3.8) is 0 Å². The number of amides is 2. The van der Waals surface area contributed by atoms with Gasteiger partial charge in [-0.1, -0.05) is 18.2 Å². The van der Waals surface area contributed by atoms with E-state index in [-0.39, 0.29) is 11.8 Å². The molecule has 1 aliphatic carbocycles. The van der Waals surface area contributed by atoms with Crippen LogP contribution in [0.3, 0.4) is 0 Å². The van der Waals surface area contributed by atoms with E-state index in [1.807, 2.05) is 35.2 Å². The van der Waals surface area contributed by atoms with Crippen LogP contribution in [-0.4, -0.2) is 41.7 Å². The molecule has 2 aliphatic rings. The highest BCUT2D eigenvalue weighted by atomic mass is 32.2. The molecule has 2 aromatic rings. The summed E-state index contributed by atoms with van der Waals surface area (Å²) in [6.07, 6.45) is 3.77. The SMILES string of the molecule is COc1ccc(NC(=O)C2(Sc3ccccc3)CC2)cc1C(=O)N1CCCC1. The molecule has 146 valence electrons. The van der Waals surface area contributed by atoms with E-state index in [2.05, 4.69) is 5.32 Å². The highest BCUT2D eigenvalue weighted by molar-refractivity contribution is 8.01. The van der Waals surface area contributed by atoms with E-state index in [0.717, 1.165) is 43.7 Å². The first-order chi connectivity index (χ1) is 13.6. The Balaban J connectivity index is 1.50. The second-order valence-electron chi connectivity index (χ2n) is 7.28. The summed E-state index contributed by atoms with van der Waals surface area (Å²) in [6, 6.07) is 15.3. The predicted molar refractivity (Wildman–Crippen MR) is 111 cm³/mol. The van der Waals surface area contributed by atoms with Crippen molar-refractivity contribution in [3.8, 4) is 5.75 Å². The summed E-state index contributed by atoms with van der Waals surface area (Å²) in [5.41, 5.74) is 1.14. The zero-order valence-electron chi connectivity index (χ0n) is 15.9. The fourth-order valence-corrected chi connectivity index (χ4v) is 4.69. The number of carbonyl (C=O) groups excluding carboxylic acids is 2. The van der Waals surface area contributed by atoms with Crippen LogP contribution in [0.4, 0.5) is 5.69 Å². The number of ether oxygens (including phenoxy) is 1. The van der Waals surface area contributed by atoms with Gasteiger partial charge in [0.15, 0.2) is 0 Å². The molecular weight excluding hydrogens is 372 g/mol. The van der Waals surface area contributed by atoms with Gasteiger partial charge in [-0.25, -0.2) is 0 Å². The first kappa shape index (κ1) is 18.9. The van der Waals surface area contributed by atoms with E-state index in [1.54, 1.807) is 37.1 Å². The highest BCUT2D eigenvalue weighted by Gasteiger charge is 2.51. The topological polar surface area (TPSA) is 58.6 Å². The standard InChI is InChI=1S/C22H24N2O3S/c1-27-19-10-9-16(15-18(19)20(25)24-13-5-6-14-24)23-21(26)22(11-12-22)28-17-7-3-2-4-8-17/h2-4,7-10,15H,5-6,11-14H2,1H3,(H,23,26). The van der Waals surface area contributed by atoms with Gasteiger partial charge in [-0.05, 0) is 56.0 Å². The largest absolute Gasteiger partial charge is 0.496 e. The second kappa shape index (κ2) is 7.87. The molecule has 5 nitrogen and oxygen atoms in total. The molecule has 2 fully saturated rings. The zero-order chi connectivity index (χ0) is 19.6. The lowest BCUT2D eigenvalue weighted by atomic mass is 10.1. The van der Waals surface area contributed by atoms with Gasteiger partial charge in [-0.15, -0.1) is 11.8 Å². The number of benzene rings is 2. The molecule has 1 saturated carbocycles. The van der Waals surface area contributed by atoms with Crippen LogP contribution in [0.25, 0.3) is 0 Å². The molecule has 0 unspecified atom stereocenters. The average Bonchev–Trinajstić information content (AvgIpc) is 3.29. The molecule has 4 rings (SSSR count). The molecule has 0 spiro atoms. The average molecular weight is 397 g/mol. The first-order valence-electron chi connectivity index (χ1n) is 9.64. The van der Waals surface area contributed by atoms with Gasteiger partial charge in [0.2, 0.25) is 5.91 Å². The third-order valence-electron chi connectivity index (χ3n) is 5.26. The summed E-state index contributed by atoms with van der Waals surface area (Å²) in [4.78, 5) is 28.7. The third-order valence-corrected chi connectivity index (χ3v) is 6.75. The Morgan fingerprint density at radius 3 is 2.43 bits per heavy atom. The Morgan fingerprint density at radius 2 is 1.79 bits per heavy atom. The summed E-state index contributed by atoms with van der Waals surface area (Å²) >= 11 is 1.61. The lowest BCUT2D eigenvalue weighted by Crippen LogP contribution is -2.29. The molecular formula is C22H24N2O3S. The van der Waals surface area contributed by atoms with E-state index >= 15 is 0 Å². The van der Waals surface area contributed by atoms with Crippen LogP contribution in [0.15, 0.2) is 53.4 Å². The van der Waals surface area contributed by atoms with Crippen LogP contribution in [0.2, 0.25) is 0 Å². The van der Waals surface area contributed by atoms with Crippen molar-refractivity contribution in [1.82, 2.24) is 4.90 Å². The molecule has 0 atom stereocenters. The summed E-state index contributed by atoms with van der Waals surface area (Å²) < 4.78 is 4.96. The lowest BCUT2D eigenvalue weighted by Gasteiger charge is -2.19. The molecule has 6 heteroatoms. The van der Waals surface area contributed by atoms with E-state index in [9.17, 15) is 9.59 Å². The minimum atomic E-state index is -0.416. The Morgan fingerprint density at radius 1 is 1.07 bits per heavy atom. The van der Waals surface area contributed by atoms with E-state index in [4.69, 9.17) is 4.74 Å². The molecule has 2 aromatic carbocycles. The number of nitrogens with zero attached hydrogens (tertiary/aromatic N) is 1. The first-order valence-corrected chi connectivity index (χ1v) is 10.5. The number of hydrogen-bond donors (Lipinski definition) is 1. The molecule has 1 heterocycles. The van der Waals surface area contributed by atoms with Gasteiger partial charge >= 0.3 is 0 Å².